The molecule has 0 aliphatic carbocycles. The van der Waals surface area contributed by atoms with E-state index in [1.807, 2.05) is 32.9 Å². The molecule has 2 aliphatic heterocycles. The van der Waals surface area contributed by atoms with E-state index in [2.05, 4.69) is 0 Å². The first-order valence-electron chi connectivity index (χ1n) is 7.18. The minimum atomic E-state index is -0.598. The van der Waals surface area contributed by atoms with Crippen molar-refractivity contribution >= 4 is 5.97 Å². The van der Waals surface area contributed by atoms with E-state index in [4.69, 9.17) is 18.9 Å². The second-order valence-electron chi connectivity index (χ2n) is 6.00. The maximum absolute atomic E-state index is 11.9. The number of rotatable bonds is 3. The van der Waals surface area contributed by atoms with E-state index in [0.717, 1.165) is 5.56 Å². The van der Waals surface area contributed by atoms with Crippen LogP contribution in [0.25, 0.3) is 0 Å². The molecule has 5 nitrogen and oxygen atoms in total. The summed E-state index contributed by atoms with van der Waals surface area (Å²) >= 11 is 0. The van der Waals surface area contributed by atoms with E-state index in [1.165, 1.54) is 0 Å². The lowest BCUT2D eigenvalue weighted by atomic mass is 10.1. The molecule has 0 bridgehead atoms. The molecular formula is C16H20O5. The second kappa shape index (κ2) is 5.40. The van der Waals surface area contributed by atoms with Crippen LogP contribution >= 0.6 is 0 Å². The molecule has 0 amide bonds. The fourth-order valence-electron chi connectivity index (χ4n) is 2.63. The van der Waals surface area contributed by atoms with Gasteiger partial charge in [-0.1, -0.05) is 17.7 Å². The van der Waals surface area contributed by atoms with Crippen LogP contribution in [0.2, 0.25) is 0 Å². The summed E-state index contributed by atoms with van der Waals surface area (Å²) in [6.45, 7) is 5.91. The van der Waals surface area contributed by atoms with Crippen molar-refractivity contribution < 1.29 is 23.7 Å². The van der Waals surface area contributed by atoms with Crippen LogP contribution in [-0.4, -0.2) is 36.9 Å². The van der Waals surface area contributed by atoms with Crippen molar-refractivity contribution in [3.63, 3.8) is 0 Å². The van der Waals surface area contributed by atoms with Crippen molar-refractivity contribution in [3.05, 3.63) is 35.4 Å². The predicted molar refractivity (Wildman–Crippen MR) is 74.8 cm³/mol. The molecule has 0 aromatic heterocycles. The highest BCUT2D eigenvalue weighted by Gasteiger charge is 2.48. The Morgan fingerprint density at radius 2 is 2.00 bits per heavy atom. The summed E-state index contributed by atoms with van der Waals surface area (Å²) in [7, 11) is 0. The molecule has 21 heavy (non-hydrogen) atoms. The van der Waals surface area contributed by atoms with Crippen LogP contribution in [0.5, 0.6) is 0 Å². The van der Waals surface area contributed by atoms with E-state index < -0.39 is 5.79 Å². The van der Waals surface area contributed by atoms with Crippen molar-refractivity contribution in [1.82, 2.24) is 0 Å². The quantitative estimate of drug-likeness (QED) is 0.801. The Morgan fingerprint density at radius 3 is 2.67 bits per heavy atom. The van der Waals surface area contributed by atoms with Gasteiger partial charge in [-0.2, -0.15) is 0 Å². The third kappa shape index (κ3) is 3.26. The van der Waals surface area contributed by atoms with E-state index in [0.29, 0.717) is 12.0 Å². The zero-order valence-electron chi connectivity index (χ0n) is 12.5. The van der Waals surface area contributed by atoms with Crippen LogP contribution in [0.1, 0.15) is 36.2 Å². The average Bonchev–Trinajstić information content (AvgIpc) is 2.89. The molecule has 2 saturated heterocycles. The van der Waals surface area contributed by atoms with Crippen LogP contribution in [-0.2, 0) is 18.9 Å². The first-order chi connectivity index (χ1) is 9.93. The number of aryl methyl sites for hydroxylation is 1. The van der Waals surface area contributed by atoms with Gasteiger partial charge in [0.05, 0.1) is 11.7 Å². The predicted octanol–water partition coefficient (Wildman–Crippen LogP) is 2.42. The topological polar surface area (TPSA) is 54.0 Å². The molecule has 3 rings (SSSR count). The molecule has 0 spiro atoms. The summed E-state index contributed by atoms with van der Waals surface area (Å²) in [6.07, 6.45) is 0.0617. The number of esters is 1. The van der Waals surface area contributed by atoms with Gasteiger partial charge in [0, 0.05) is 6.42 Å². The molecule has 2 heterocycles. The summed E-state index contributed by atoms with van der Waals surface area (Å²) in [5, 5.41) is 0. The molecule has 3 unspecified atom stereocenters. The Kier molecular flexibility index (Phi) is 3.73. The maximum Gasteiger partial charge on any atom is 0.338 e. The second-order valence-corrected chi connectivity index (χ2v) is 6.00. The van der Waals surface area contributed by atoms with Crippen molar-refractivity contribution in [1.29, 1.82) is 0 Å². The zero-order valence-corrected chi connectivity index (χ0v) is 12.5. The number of hydrogen-bond acceptors (Lipinski definition) is 5. The smallest absolute Gasteiger partial charge is 0.338 e. The van der Waals surface area contributed by atoms with Gasteiger partial charge in [0.25, 0.3) is 0 Å². The number of carbonyl (C=O) groups is 1. The SMILES string of the molecule is Cc1ccc(C(=O)OCC2CC3OC(C)(C)OC3O2)cc1. The molecule has 0 saturated carbocycles. The third-order valence-electron chi connectivity index (χ3n) is 3.65. The number of ether oxygens (including phenoxy) is 4. The molecule has 3 atom stereocenters. The lowest BCUT2D eigenvalue weighted by Crippen LogP contribution is -2.26. The molecule has 5 heteroatoms. The fourth-order valence-corrected chi connectivity index (χ4v) is 2.63. The normalized spacial score (nSPS) is 30.1. The molecule has 2 aliphatic rings. The van der Waals surface area contributed by atoms with Crippen LogP contribution < -0.4 is 0 Å². The zero-order chi connectivity index (χ0) is 15.0. The highest BCUT2D eigenvalue weighted by molar-refractivity contribution is 5.89. The highest BCUT2D eigenvalue weighted by Crippen LogP contribution is 2.37. The number of carbonyl (C=O) groups excluding carboxylic acids is 1. The first kappa shape index (κ1) is 14.5. The molecule has 1 aromatic rings. The minimum Gasteiger partial charge on any atom is -0.459 e. The maximum atomic E-state index is 11.9. The molecule has 0 radical (unpaired) electrons. The van der Waals surface area contributed by atoms with Gasteiger partial charge in [-0.25, -0.2) is 4.79 Å². The molecule has 114 valence electrons. The van der Waals surface area contributed by atoms with Crippen LogP contribution in [0.15, 0.2) is 24.3 Å². The van der Waals surface area contributed by atoms with Crippen LogP contribution in [0, 0.1) is 6.92 Å². The van der Waals surface area contributed by atoms with Gasteiger partial charge in [-0.05, 0) is 32.9 Å². The Hall–Kier alpha value is -1.43. The summed E-state index contributed by atoms with van der Waals surface area (Å²) < 4.78 is 22.3. The summed E-state index contributed by atoms with van der Waals surface area (Å²) in [5.74, 6) is -0.934. The van der Waals surface area contributed by atoms with Crippen LogP contribution in [0.3, 0.4) is 0 Å². The van der Waals surface area contributed by atoms with Gasteiger partial charge < -0.3 is 18.9 Å². The fraction of sp³-hybridized carbons (Fsp3) is 0.562. The van der Waals surface area contributed by atoms with Gasteiger partial charge in [-0.15, -0.1) is 0 Å². The first-order valence-corrected chi connectivity index (χ1v) is 7.18. The van der Waals surface area contributed by atoms with Gasteiger partial charge in [-0.3, -0.25) is 0 Å². The van der Waals surface area contributed by atoms with Crippen molar-refractivity contribution in [2.45, 2.75) is 51.5 Å². The lowest BCUT2D eigenvalue weighted by Gasteiger charge is -2.20. The third-order valence-corrected chi connectivity index (χ3v) is 3.65. The van der Waals surface area contributed by atoms with Gasteiger partial charge in [0.2, 0.25) is 0 Å². The van der Waals surface area contributed by atoms with E-state index in [-0.39, 0.29) is 31.1 Å². The number of fused-ring (bicyclic) bond motifs is 1. The Morgan fingerprint density at radius 1 is 1.29 bits per heavy atom. The monoisotopic (exact) mass is 292 g/mol. The van der Waals surface area contributed by atoms with E-state index in [1.54, 1.807) is 12.1 Å². The van der Waals surface area contributed by atoms with Crippen molar-refractivity contribution in [2.75, 3.05) is 6.61 Å². The standard InChI is InChI=1S/C16H20O5/c1-10-4-6-11(7-5-10)14(17)18-9-12-8-13-15(19-12)21-16(2,3)20-13/h4-7,12-13,15H,8-9H2,1-3H3. The molecule has 0 N–H and O–H groups in total. The Bertz CT molecular complexity index is 506. The van der Waals surface area contributed by atoms with Crippen LogP contribution in [0.4, 0.5) is 0 Å². The van der Waals surface area contributed by atoms with Gasteiger partial charge in [0.1, 0.15) is 12.7 Å². The van der Waals surface area contributed by atoms with Crippen molar-refractivity contribution in [3.8, 4) is 0 Å². The summed E-state index contributed by atoms with van der Waals surface area (Å²) in [4.78, 5) is 11.9. The molecule has 2 fully saturated rings. The van der Waals surface area contributed by atoms with Gasteiger partial charge >= 0.3 is 5.97 Å². The van der Waals surface area contributed by atoms with Crippen molar-refractivity contribution in [2.24, 2.45) is 0 Å². The number of hydrogen-bond donors (Lipinski definition) is 0. The van der Waals surface area contributed by atoms with E-state index >= 15 is 0 Å². The molecule has 1 aromatic carbocycles. The number of benzene rings is 1. The Labute approximate surface area is 124 Å². The average molecular weight is 292 g/mol. The summed E-state index contributed by atoms with van der Waals surface area (Å²) in [5.41, 5.74) is 1.66. The highest BCUT2D eigenvalue weighted by atomic mass is 16.8. The largest absolute Gasteiger partial charge is 0.459 e. The summed E-state index contributed by atoms with van der Waals surface area (Å²) in [6, 6.07) is 7.29. The molecular weight excluding hydrogens is 272 g/mol. The van der Waals surface area contributed by atoms with Gasteiger partial charge in [0.15, 0.2) is 12.1 Å². The minimum absolute atomic E-state index is 0.0805. The lowest BCUT2D eigenvalue weighted by molar-refractivity contribution is -0.207. The van der Waals surface area contributed by atoms with E-state index in [9.17, 15) is 4.79 Å². The Balaban J connectivity index is 1.49.